The molecule has 48 valence electrons. The number of nitrogens with zero attached hydrogens (tertiary/aromatic N) is 2. The lowest BCUT2D eigenvalue weighted by molar-refractivity contribution is 0.0689. The first-order chi connectivity index (χ1) is 4.22. The smallest absolute Gasteiger partial charge is 0.355 e. The van der Waals surface area contributed by atoms with Gasteiger partial charge in [0, 0.05) is 0 Å². The predicted octanol–water partition coefficient (Wildman–Crippen LogP) is 0.739. The van der Waals surface area contributed by atoms with Gasteiger partial charge in [-0.2, -0.15) is 8.81 Å². The van der Waals surface area contributed by atoms with Crippen LogP contribution in [0.15, 0.2) is 12.3 Å². The number of hydrogen-bond acceptors (Lipinski definition) is 2. The molecule has 1 heterocycles. The zero-order valence-corrected chi connectivity index (χ0v) is 5.87. The molecule has 0 aliphatic heterocycles. The Morgan fingerprint density at radius 1 is 1.89 bits per heavy atom. The van der Waals surface area contributed by atoms with Crippen LogP contribution in [-0.4, -0.2) is 19.9 Å². The molecule has 4 nitrogen and oxygen atoms in total. The monoisotopic (exact) mass is 190 g/mol. The lowest BCUT2D eigenvalue weighted by Gasteiger charge is -1.88. The van der Waals surface area contributed by atoms with Crippen LogP contribution in [0.1, 0.15) is 10.5 Å². The summed E-state index contributed by atoms with van der Waals surface area (Å²) in [5.74, 6) is -0.996. The van der Waals surface area contributed by atoms with E-state index in [2.05, 4.69) is 21.2 Å². The SMILES string of the molecule is O=C(O)c1ccnn1Br. The van der Waals surface area contributed by atoms with Crippen LogP contribution in [0.3, 0.4) is 0 Å². The second-order valence-electron chi connectivity index (χ2n) is 1.38. The standard InChI is InChI=1S/C4H3BrN2O2/c5-7-3(4(8)9)1-2-6-7/h1-2H,(H,8,9). The van der Waals surface area contributed by atoms with Gasteiger partial charge in [-0.05, 0) is 6.07 Å². The molecule has 0 radical (unpaired) electrons. The van der Waals surface area contributed by atoms with E-state index in [9.17, 15) is 4.79 Å². The highest BCUT2D eigenvalue weighted by Gasteiger charge is 2.06. The number of carbonyl (C=O) groups is 1. The maximum atomic E-state index is 10.2. The van der Waals surface area contributed by atoms with Crippen molar-refractivity contribution in [2.24, 2.45) is 0 Å². The van der Waals surface area contributed by atoms with Crippen LogP contribution in [0.5, 0.6) is 0 Å². The fourth-order valence-corrected chi connectivity index (χ4v) is 0.812. The largest absolute Gasteiger partial charge is 0.476 e. The van der Waals surface area contributed by atoms with Gasteiger partial charge in [0.15, 0.2) is 5.69 Å². The average molecular weight is 191 g/mol. The normalized spacial score (nSPS) is 9.44. The molecule has 1 N–H and O–H groups in total. The molecule has 1 aromatic heterocycles. The fraction of sp³-hybridized carbons (Fsp3) is 0. The zero-order valence-electron chi connectivity index (χ0n) is 4.28. The van der Waals surface area contributed by atoms with E-state index in [1.807, 2.05) is 0 Å². The molecule has 0 aliphatic carbocycles. The Hall–Kier alpha value is -0.840. The van der Waals surface area contributed by atoms with Crippen molar-refractivity contribution in [3.8, 4) is 0 Å². The van der Waals surface area contributed by atoms with E-state index in [1.54, 1.807) is 0 Å². The average Bonchev–Trinajstić information content (AvgIpc) is 2.13. The van der Waals surface area contributed by atoms with Crippen molar-refractivity contribution >= 4 is 22.1 Å². The molecule has 0 spiro atoms. The van der Waals surface area contributed by atoms with Gasteiger partial charge >= 0.3 is 5.97 Å². The van der Waals surface area contributed by atoms with Crippen LogP contribution in [-0.2, 0) is 0 Å². The second kappa shape index (κ2) is 2.18. The summed E-state index contributed by atoms with van der Waals surface area (Å²) in [4.78, 5) is 10.2. The van der Waals surface area contributed by atoms with Crippen LogP contribution >= 0.6 is 16.1 Å². The lowest BCUT2D eigenvalue weighted by Crippen LogP contribution is -2.00. The summed E-state index contributed by atoms with van der Waals surface area (Å²) in [5, 5.41) is 12.0. The van der Waals surface area contributed by atoms with Gasteiger partial charge in [-0.1, -0.05) is 0 Å². The summed E-state index contributed by atoms with van der Waals surface area (Å²) in [6.07, 6.45) is 1.40. The first kappa shape index (κ1) is 6.28. The van der Waals surface area contributed by atoms with E-state index in [1.165, 1.54) is 12.3 Å². The maximum absolute atomic E-state index is 10.2. The highest BCUT2D eigenvalue weighted by molar-refractivity contribution is 9.08. The molecule has 0 unspecified atom stereocenters. The van der Waals surface area contributed by atoms with Gasteiger partial charge in [-0.3, -0.25) is 0 Å². The maximum Gasteiger partial charge on any atom is 0.355 e. The van der Waals surface area contributed by atoms with E-state index in [-0.39, 0.29) is 5.69 Å². The van der Waals surface area contributed by atoms with E-state index in [0.29, 0.717) is 0 Å². The summed E-state index contributed by atoms with van der Waals surface area (Å²) < 4.78 is 1.12. The van der Waals surface area contributed by atoms with Gasteiger partial charge in [0.1, 0.15) is 0 Å². The Kier molecular flexibility index (Phi) is 1.52. The molecule has 5 heteroatoms. The summed E-state index contributed by atoms with van der Waals surface area (Å²) in [6, 6.07) is 1.40. The van der Waals surface area contributed by atoms with Crippen LogP contribution in [0.4, 0.5) is 0 Å². The van der Waals surface area contributed by atoms with E-state index in [4.69, 9.17) is 5.11 Å². The minimum atomic E-state index is -0.996. The molecule has 0 saturated carbocycles. The third kappa shape index (κ3) is 1.10. The van der Waals surface area contributed by atoms with Gasteiger partial charge < -0.3 is 5.11 Å². The minimum absolute atomic E-state index is 0.120. The number of rotatable bonds is 1. The molecule has 0 atom stereocenters. The van der Waals surface area contributed by atoms with E-state index >= 15 is 0 Å². The number of hydrogen-bond donors (Lipinski definition) is 1. The van der Waals surface area contributed by atoms with Crippen molar-refractivity contribution in [2.45, 2.75) is 0 Å². The number of aromatic nitrogens is 2. The second-order valence-corrected chi connectivity index (χ2v) is 2.05. The summed E-state index contributed by atoms with van der Waals surface area (Å²) in [6.45, 7) is 0. The Morgan fingerprint density at radius 2 is 2.56 bits per heavy atom. The number of carboxylic acid groups (broad SMARTS) is 1. The molecule has 0 fully saturated rings. The Morgan fingerprint density at radius 3 is 2.78 bits per heavy atom. The highest BCUT2D eigenvalue weighted by Crippen LogP contribution is 2.00. The number of halogens is 1. The van der Waals surface area contributed by atoms with Gasteiger partial charge in [0.2, 0.25) is 0 Å². The van der Waals surface area contributed by atoms with Crippen molar-refractivity contribution < 1.29 is 9.90 Å². The minimum Gasteiger partial charge on any atom is -0.476 e. The molecule has 0 bridgehead atoms. The Bertz CT molecular complexity index is 232. The molecule has 0 aliphatic rings. The van der Waals surface area contributed by atoms with Crippen molar-refractivity contribution in [2.75, 3.05) is 0 Å². The first-order valence-electron chi connectivity index (χ1n) is 2.15. The van der Waals surface area contributed by atoms with E-state index in [0.717, 1.165) is 3.71 Å². The topological polar surface area (TPSA) is 55.1 Å². The Labute approximate surface area is 59.4 Å². The quantitative estimate of drug-likeness (QED) is 0.711. The summed E-state index contributed by atoms with van der Waals surface area (Å²) >= 11 is 2.89. The predicted molar refractivity (Wildman–Crippen MR) is 33.5 cm³/mol. The van der Waals surface area contributed by atoms with Crippen LogP contribution in [0.2, 0.25) is 0 Å². The van der Waals surface area contributed by atoms with Crippen molar-refractivity contribution in [1.82, 2.24) is 8.81 Å². The number of aromatic carboxylic acids is 1. The fourth-order valence-electron chi connectivity index (χ4n) is 0.436. The molecule has 1 aromatic rings. The van der Waals surface area contributed by atoms with Crippen molar-refractivity contribution in [3.63, 3.8) is 0 Å². The van der Waals surface area contributed by atoms with Crippen LogP contribution < -0.4 is 0 Å². The van der Waals surface area contributed by atoms with E-state index < -0.39 is 5.97 Å². The van der Waals surface area contributed by atoms with Crippen molar-refractivity contribution in [1.29, 1.82) is 0 Å². The van der Waals surface area contributed by atoms with Crippen LogP contribution in [0, 0.1) is 0 Å². The summed E-state index contributed by atoms with van der Waals surface area (Å²) in [7, 11) is 0. The van der Waals surface area contributed by atoms with Crippen LogP contribution in [0.25, 0.3) is 0 Å². The molecule has 9 heavy (non-hydrogen) atoms. The lowest BCUT2D eigenvalue weighted by atomic mass is 10.5. The van der Waals surface area contributed by atoms with Gasteiger partial charge in [0.25, 0.3) is 0 Å². The molecular formula is C4H3BrN2O2. The first-order valence-corrected chi connectivity index (χ1v) is 2.86. The van der Waals surface area contributed by atoms with Gasteiger partial charge in [-0.25, -0.2) is 4.79 Å². The zero-order chi connectivity index (χ0) is 6.85. The number of carboxylic acids is 1. The molecule has 0 amide bonds. The third-order valence-electron chi connectivity index (χ3n) is 0.818. The van der Waals surface area contributed by atoms with Gasteiger partial charge in [0.05, 0.1) is 22.3 Å². The molecular weight excluding hydrogens is 188 g/mol. The third-order valence-corrected chi connectivity index (χ3v) is 1.38. The van der Waals surface area contributed by atoms with Gasteiger partial charge in [-0.15, -0.1) is 0 Å². The highest BCUT2D eigenvalue weighted by atomic mass is 79.9. The molecule has 1 rings (SSSR count). The molecule has 0 aromatic carbocycles. The Balaban J connectivity index is 3.08. The molecule has 0 saturated heterocycles. The van der Waals surface area contributed by atoms with Crippen molar-refractivity contribution in [3.05, 3.63) is 18.0 Å². The summed E-state index contributed by atoms with van der Waals surface area (Å²) in [5.41, 5.74) is 0.120.